The molecule has 3 heteroatoms. The van der Waals surface area contributed by atoms with E-state index in [1.807, 2.05) is 0 Å². The van der Waals surface area contributed by atoms with Crippen LogP contribution in [0.3, 0.4) is 0 Å². The van der Waals surface area contributed by atoms with Gasteiger partial charge in [0.2, 0.25) is 0 Å². The largest absolute Gasteiger partial charge is 0.374 e. The van der Waals surface area contributed by atoms with Gasteiger partial charge >= 0.3 is 0 Å². The monoisotopic (exact) mass is 223 g/mol. The van der Waals surface area contributed by atoms with Crippen molar-refractivity contribution < 1.29 is 9.13 Å². The summed E-state index contributed by atoms with van der Waals surface area (Å²) in [6, 6.07) is 6.82. The van der Waals surface area contributed by atoms with Gasteiger partial charge in [-0.2, -0.15) is 0 Å². The second-order valence-electron chi connectivity index (χ2n) is 4.47. The highest BCUT2D eigenvalue weighted by Crippen LogP contribution is 2.20. The number of nitrogens with two attached hydrogens (primary N) is 1. The van der Waals surface area contributed by atoms with Crippen molar-refractivity contribution in [3.05, 3.63) is 35.6 Å². The third-order valence-corrected chi connectivity index (χ3v) is 3.12. The molecule has 0 aliphatic heterocycles. The molecule has 0 amide bonds. The van der Waals surface area contributed by atoms with Gasteiger partial charge in [0.05, 0.1) is 12.7 Å². The maximum atomic E-state index is 12.7. The summed E-state index contributed by atoms with van der Waals surface area (Å²) in [5.74, 6) is -0.201. The van der Waals surface area contributed by atoms with Crippen molar-refractivity contribution in [3.63, 3.8) is 0 Å². The molecule has 88 valence electrons. The Bertz CT molecular complexity index is 317. The van der Waals surface area contributed by atoms with E-state index in [4.69, 9.17) is 10.5 Å². The first-order valence-electron chi connectivity index (χ1n) is 5.85. The van der Waals surface area contributed by atoms with Crippen molar-refractivity contribution in [2.45, 2.75) is 44.4 Å². The molecule has 1 aliphatic carbocycles. The van der Waals surface area contributed by atoms with Crippen molar-refractivity contribution in [2.24, 2.45) is 5.73 Å². The fourth-order valence-electron chi connectivity index (χ4n) is 2.05. The van der Waals surface area contributed by atoms with Gasteiger partial charge in [0.25, 0.3) is 0 Å². The van der Waals surface area contributed by atoms with Crippen LogP contribution in [-0.4, -0.2) is 12.1 Å². The molecule has 1 aromatic rings. The van der Waals surface area contributed by atoms with Crippen LogP contribution >= 0.6 is 0 Å². The molecule has 1 aliphatic rings. The summed E-state index contributed by atoms with van der Waals surface area (Å²) in [5, 5.41) is 0. The molecule has 2 rings (SSSR count). The van der Waals surface area contributed by atoms with Crippen molar-refractivity contribution in [3.8, 4) is 0 Å². The van der Waals surface area contributed by atoms with E-state index in [-0.39, 0.29) is 5.82 Å². The van der Waals surface area contributed by atoms with Gasteiger partial charge in [0.15, 0.2) is 0 Å². The van der Waals surface area contributed by atoms with Gasteiger partial charge in [0, 0.05) is 6.04 Å². The number of rotatable bonds is 3. The second-order valence-corrected chi connectivity index (χ2v) is 4.47. The Morgan fingerprint density at radius 2 is 1.75 bits per heavy atom. The fraction of sp³-hybridized carbons (Fsp3) is 0.538. The Balaban J connectivity index is 1.77. The van der Waals surface area contributed by atoms with Crippen LogP contribution in [-0.2, 0) is 11.3 Å². The third kappa shape index (κ3) is 3.29. The van der Waals surface area contributed by atoms with E-state index in [9.17, 15) is 4.39 Å². The van der Waals surface area contributed by atoms with Crippen LogP contribution in [0.15, 0.2) is 24.3 Å². The lowest BCUT2D eigenvalue weighted by Crippen LogP contribution is -2.30. The van der Waals surface area contributed by atoms with E-state index in [1.54, 1.807) is 12.1 Å². The average molecular weight is 223 g/mol. The van der Waals surface area contributed by atoms with Gasteiger partial charge in [-0.25, -0.2) is 4.39 Å². The zero-order valence-electron chi connectivity index (χ0n) is 9.36. The highest BCUT2D eigenvalue weighted by molar-refractivity contribution is 5.14. The van der Waals surface area contributed by atoms with Gasteiger partial charge in [0.1, 0.15) is 5.82 Å². The zero-order chi connectivity index (χ0) is 11.4. The first-order valence-corrected chi connectivity index (χ1v) is 5.85. The quantitative estimate of drug-likeness (QED) is 0.855. The van der Waals surface area contributed by atoms with Crippen LogP contribution in [0.25, 0.3) is 0 Å². The van der Waals surface area contributed by atoms with Gasteiger partial charge in [-0.1, -0.05) is 12.1 Å². The molecule has 0 radical (unpaired) electrons. The highest BCUT2D eigenvalue weighted by Gasteiger charge is 2.18. The van der Waals surface area contributed by atoms with Crippen LogP contribution in [0.5, 0.6) is 0 Å². The molecule has 1 saturated carbocycles. The van der Waals surface area contributed by atoms with Crippen LogP contribution < -0.4 is 5.73 Å². The molecule has 0 spiro atoms. The Morgan fingerprint density at radius 1 is 1.12 bits per heavy atom. The molecule has 0 aromatic heterocycles. The predicted molar refractivity (Wildman–Crippen MR) is 61.4 cm³/mol. The number of ether oxygens (including phenoxy) is 1. The molecular weight excluding hydrogens is 205 g/mol. The minimum absolute atomic E-state index is 0.201. The van der Waals surface area contributed by atoms with Crippen molar-refractivity contribution in [2.75, 3.05) is 0 Å². The van der Waals surface area contributed by atoms with E-state index in [2.05, 4.69) is 0 Å². The summed E-state index contributed by atoms with van der Waals surface area (Å²) in [4.78, 5) is 0. The van der Waals surface area contributed by atoms with Gasteiger partial charge in [-0.3, -0.25) is 0 Å². The van der Waals surface area contributed by atoms with E-state index < -0.39 is 0 Å². The molecule has 1 fully saturated rings. The number of hydrogen-bond acceptors (Lipinski definition) is 2. The minimum Gasteiger partial charge on any atom is -0.374 e. The first-order chi connectivity index (χ1) is 7.74. The molecule has 2 N–H and O–H groups in total. The third-order valence-electron chi connectivity index (χ3n) is 3.12. The summed E-state index contributed by atoms with van der Waals surface area (Å²) in [6.45, 7) is 0.570. The van der Waals surface area contributed by atoms with Crippen LogP contribution in [0.1, 0.15) is 31.2 Å². The molecule has 16 heavy (non-hydrogen) atoms. The molecule has 0 bridgehead atoms. The summed E-state index contributed by atoms with van der Waals surface area (Å²) in [5.41, 5.74) is 6.85. The Kier molecular flexibility index (Phi) is 3.91. The molecular formula is C13H18FNO. The van der Waals surface area contributed by atoms with Gasteiger partial charge < -0.3 is 10.5 Å². The predicted octanol–water partition coefficient (Wildman–Crippen LogP) is 2.61. The van der Waals surface area contributed by atoms with Crippen LogP contribution in [0, 0.1) is 5.82 Å². The summed E-state index contributed by atoms with van der Waals surface area (Å²) >= 11 is 0. The average Bonchev–Trinajstić information content (AvgIpc) is 2.30. The molecule has 0 unspecified atom stereocenters. The Labute approximate surface area is 95.6 Å². The zero-order valence-corrected chi connectivity index (χ0v) is 9.36. The summed E-state index contributed by atoms with van der Waals surface area (Å²) < 4.78 is 18.4. The van der Waals surface area contributed by atoms with Crippen molar-refractivity contribution >= 4 is 0 Å². The fourth-order valence-corrected chi connectivity index (χ4v) is 2.05. The molecule has 1 aromatic carbocycles. The van der Waals surface area contributed by atoms with Gasteiger partial charge in [-0.05, 0) is 43.4 Å². The lowest BCUT2D eigenvalue weighted by Gasteiger charge is -2.26. The topological polar surface area (TPSA) is 35.2 Å². The smallest absolute Gasteiger partial charge is 0.123 e. The lowest BCUT2D eigenvalue weighted by atomic mass is 9.94. The second kappa shape index (κ2) is 5.41. The normalized spacial score (nSPS) is 25.6. The van der Waals surface area contributed by atoms with E-state index >= 15 is 0 Å². The SMILES string of the molecule is N[C@H]1CC[C@H](OCc2ccc(F)cc2)CC1. The summed E-state index contributed by atoms with van der Waals surface area (Å²) in [6.07, 6.45) is 4.51. The molecule has 0 heterocycles. The molecule has 0 atom stereocenters. The highest BCUT2D eigenvalue weighted by atomic mass is 19.1. The van der Waals surface area contributed by atoms with E-state index in [0.717, 1.165) is 31.2 Å². The Hall–Kier alpha value is -0.930. The van der Waals surface area contributed by atoms with Crippen LogP contribution in [0.2, 0.25) is 0 Å². The minimum atomic E-state index is -0.201. The number of halogens is 1. The van der Waals surface area contributed by atoms with Crippen LogP contribution in [0.4, 0.5) is 4.39 Å². The maximum Gasteiger partial charge on any atom is 0.123 e. The lowest BCUT2D eigenvalue weighted by molar-refractivity contribution is 0.0138. The van der Waals surface area contributed by atoms with E-state index in [0.29, 0.717) is 18.8 Å². The Morgan fingerprint density at radius 3 is 2.38 bits per heavy atom. The molecule has 0 saturated heterocycles. The summed E-state index contributed by atoms with van der Waals surface area (Å²) in [7, 11) is 0. The standard InChI is InChI=1S/C13H18FNO/c14-11-3-1-10(2-4-11)9-16-13-7-5-12(15)6-8-13/h1-4,12-13H,5-9,15H2/t12-,13-. The number of benzene rings is 1. The molecule has 2 nitrogen and oxygen atoms in total. The maximum absolute atomic E-state index is 12.7. The number of hydrogen-bond donors (Lipinski definition) is 1. The van der Waals surface area contributed by atoms with Crippen molar-refractivity contribution in [1.82, 2.24) is 0 Å². The van der Waals surface area contributed by atoms with Crippen molar-refractivity contribution in [1.29, 1.82) is 0 Å². The van der Waals surface area contributed by atoms with Gasteiger partial charge in [-0.15, -0.1) is 0 Å². The van der Waals surface area contributed by atoms with E-state index in [1.165, 1.54) is 12.1 Å². The first kappa shape index (κ1) is 11.6.